The van der Waals surface area contributed by atoms with Crippen molar-refractivity contribution in [2.24, 2.45) is 0 Å². The van der Waals surface area contributed by atoms with E-state index in [4.69, 9.17) is 9.47 Å². The molecule has 0 saturated heterocycles. The number of aliphatic hydroxyl groups is 2. The molecule has 0 aliphatic rings. The van der Waals surface area contributed by atoms with E-state index >= 15 is 0 Å². The van der Waals surface area contributed by atoms with Crippen LogP contribution in [0.3, 0.4) is 0 Å². The third-order valence-corrected chi connectivity index (χ3v) is 5.52. The van der Waals surface area contributed by atoms with Gasteiger partial charge in [0.05, 0.1) is 25.4 Å². The summed E-state index contributed by atoms with van der Waals surface area (Å²) >= 11 is 0. The number of phenols is 1. The van der Waals surface area contributed by atoms with E-state index in [1.165, 1.54) is 18.7 Å². The highest BCUT2D eigenvalue weighted by Gasteiger charge is 2.10. The Balaban J connectivity index is 1.43. The molecule has 1 atom stereocenters. The zero-order valence-corrected chi connectivity index (χ0v) is 19.5. The molecule has 0 aromatic heterocycles. The molecule has 7 heteroatoms. The normalized spacial score (nSPS) is 12.0. The van der Waals surface area contributed by atoms with Gasteiger partial charge in [-0.15, -0.1) is 0 Å². The molecule has 2 aromatic carbocycles. The Kier molecular flexibility index (Phi) is 12.5. The molecule has 0 aliphatic heterocycles. The molecule has 2 rings (SSSR count). The van der Waals surface area contributed by atoms with Crippen molar-refractivity contribution in [3.63, 3.8) is 0 Å². The number of carbonyl (C=O) groups excluding carboxylic acids is 1. The fourth-order valence-electron chi connectivity index (χ4n) is 3.51. The number of rotatable bonds is 16. The van der Waals surface area contributed by atoms with Gasteiger partial charge in [-0.25, -0.2) is 4.79 Å². The summed E-state index contributed by atoms with van der Waals surface area (Å²) in [4.78, 5) is 11.4. The minimum Gasteiger partial charge on any atom is -0.508 e. The number of carbonyl (C=O) groups is 1. The number of aromatic hydroxyl groups is 1. The summed E-state index contributed by atoms with van der Waals surface area (Å²) in [6.45, 7) is 2.51. The lowest BCUT2D eigenvalue weighted by atomic mass is 10.1. The van der Waals surface area contributed by atoms with Crippen molar-refractivity contribution >= 4 is 5.97 Å². The summed E-state index contributed by atoms with van der Waals surface area (Å²) in [6, 6.07) is 12.3. The predicted molar refractivity (Wildman–Crippen MR) is 127 cm³/mol. The third kappa shape index (κ3) is 9.92. The maximum Gasteiger partial charge on any atom is 0.337 e. The van der Waals surface area contributed by atoms with Gasteiger partial charge in [-0.3, -0.25) is 0 Å². The average molecular weight is 460 g/mol. The highest BCUT2D eigenvalue weighted by atomic mass is 16.5. The molecule has 0 radical (unpaired) electrons. The molecule has 1 unspecified atom stereocenters. The van der Waals surface area contributed by atoms with Crippen molar-refractivity contribution in [1.29, 1.82) is 0 Å². The van der Waals surface area contributed by atoms with Crippen molar-refractivity contribution in [2.75, 3.05) is 33.4 Å². The van der Waals surface area contributed by atoms with Crippen LogP contribution in [-0.4, -0.2) is 54.7 Å². The molecule has 0 aliphatic carbocycles. The van der Waals surface area contributed by atoms with Crippen molar-refractivity contribution in [2.45, 2.75) is 51.2 Å². The van der Waals surface area contributed by atoms with Crippen LogP contribution in [0.25, 0.3) is 0 Å². The Morgan fingerprint density at radius 2 is 1.73 bits per heavy atom. The number of methoxy groups -OCH3 is 1. The maximum absolute atomic E-state index is 11.4. The van der Waals surface area contributed by atoms with E-state index in [2.05, 4.69) is 5.32 Å². The van der Waals surface area contributed by atoms with Gasteiger partial charge in [0, 0.05) is 25.3 Å². The Morgan fingerprint density at radius 1 is 1.00 bits per heavy atom. The number of hydrogen-bond acceptors (Lipinski definition) is 7. The van der Waals surface area contributed by atoms with Gasteiger partial charge < -0.3 is 30.1 Å². The largest absolute Gasteiger partial charge is 0.508 e. The van der Waals surface area contributed by atoms with E-state index in [0.29, 0.717) is 23.2 Å². The minimum absolute atomic E-state index is 0.0390. The number of aryl methyl sites for hydroxylation is 1. The first-order chi connectivity index (χ1) is 16.0. The van der Waals surface area contributed by atoms with Gasteiger partial charge in [0.2, 0.25) is 0 Å². The Labute approximate surface area is 196 Å². The first kappa shape index (κ1) is 26.8. The fraction of sp³-hybridized carbons (Fsp3) is 0.500. The van der Waals surface area contributed by atoms with Gasteiger partial charge in [0.1, 0.15) is 5.75 Å². The Hall–Kier alpha value is -2.45. The number of ether oxygens (including phenoxy) is 2. The minimum atomic E-state index is -0.671. The molecule has 33 heavy (non-hydrogen) atoms. The van der Waals surface area contributed by atoms with Gasteiger partial charge in [-0.2, -0.15) is 0 Å². The number of benzene rings is 2. The molecule has 0 bridgehead atoms. The standard InChI is InChI=1S/C26H37NO6/c1-32-26(31)21-10-8-20(9-11-21)7-6-16-33-15-5-3-2-4-14-27-18-25(30)22-12-13-24(29)23(17-22)19-28/h8-13,17,25,27-30H,2-7,14-16,18-19H2,1H3. The summed E-state index contributed by atoms with van der Waals surface area (Å²) in [5.74, 6) is -0.276. The molecule has 0 amide bonds. The zero-order chi connectivity index (χ0) is 23.9. The highest BCUT2D eigenvalue weighted by molar-refractivity contribution is 5.89. The Bertz CT molecular complexity index is 824. The van der Waals surface area contributed by atoms with Gasteiger partial charge in [-0.1, -0.05) is 31.0 Å². The number of hydrogen-bond donors (Lipinski definition) is 4. The number of nitrogens with one attached hydrogen (secondary N) is 1. The second kappa shape index (κ2) is 15.4. The van der Waals surface area contributed by atoms with E-state index < -0.39 is 6.10 Å². The first-order valence-electron chi connectivity index (χ1n) is 11.6. The predicted octanol–water partition coefficient (Wildman–Crippen LogP) is 3.50. The van der Waals surface area contributed by atoms with Crippen LogP contribution in [0.5, 0.6) is 5.75 Å². The van der Waals surface area contributed by atoms with Gasteiger partial charge in [0.15, 0.2) is 0 Å². The molecule has 182 valence electrons. The van der Waals surface area contributed by atoms with Crippen LogP contribution >= 0.6 is 0 Å². The smallest absolute Gasteiger partial charge is 0.337 e. The summed E-state index contributed by atoms with van der Waals surface area (Å²) in [5, 5.41) is 32.3. The summed E-state index contributed by atoms with van der Waals surface area (Å²) < 4.78 is 10.4. The number of esters is 1. The summed E-state index contributed by atoms with van der Waals surface area (Å²) in [6.07, 6.45) is 5.48. The molecular formula is C26H37NO6. The monoisotopic (exact) mass is 459 g/mol. The molecular weight excluding hydrogens is 422 g/mol. The number of unbranched alkanes of at least 4 members (excludes halogenated alkanes) is 3. The van der Waals surface area contributed by atoms with Crippen LogP contribution in [0.15, 0.2) is 42.5 Å². The second-order valence-electron chi connectivity index (χ2n) is 8.08. The van der Waals surface area contributed by atoms with E-state index in [1.807, 2.05) is 12.1 Å². The van der Waals surface area contributed by atoms with Crippen LogP contribution < -0.4 is 5.32 Å². The SMILES string of the molecule is COC(=O)c1ccc(CCCOCCCCCCNCC(O)c2ccc(O)c(CO)c2)cc1. The summed E-state index contributed by atoms with van der Waals surface area (Å²) in [7, 11) is 1.38. The van der Waals surface area contributed by atoms with Gasteiger partial charge >= 0.3 is 5.97 Å². The van der Waals surface area contributed by atoms with Crippen LogP contribution in [0, 0.1) is 0 Å². The quantitative estimate of drug-likeness (QED) is 0.225. The van der Waals surface area contributed by atoms with E-state index in [0.717, 1.165) is 58.3 Å². The van der Waals surface area contributed by atoms with Crippen LogP contribution in [0.2, 0.25) is 0 Å². The highest BCUT2D eigenvalue weighted by Crippen LogP contribution is 2.22. The third-order valence-electron chi connectivity index (χ3n) is 5.52. The first-order valence-corrected chi connectivity index (χ1v) is 11.6. The topological polar surface area (TPSA) is 108 Å². The Morgan fingerprint density at radius 3 is 2.45 bits per heavy atom. The van der Waals surface area contributed by atoms with E-state index in [9.17, 15) is 20.1 Å². The van der Waals surface area contributed by atoms with Gasteiger partial charge in [0.25, 0.3) is 0 Å². The molecule has 0 saturated carbocycles. The molecule has 4 N–H and O–H groups in total. The summed E-state index contributed by atoms with van der Waals surface area (Å²) in [5.41, 5.74) is 2.85. The molecule has 2 aromatic rings. The van der Waals surface area contributed by atoms with Crippen LogP contribution in [-0.2, 0) is 22.5 Å². The van der Waals surface area contributed by atoms with Crippen molar-refractivity contribution in [3.05, 3.63) is 64.7 Å². The van der Waals surface area contributed by atoms with E-state index in [1.54, 1.807) is 24.3 Å². The zero-order valence-electron chi connectivity index (χ0n) is 19.5. The van der Waals surface area contributed by atoms with Crippen molar-refractivity contribution < 1.29 is 29.6 Å². The average Bonchev–Trinajstić information content (AvgIpc) is 2.84. The lowest BCUT2D eigenvalue weighted by Gasteiger charge is -2.14. The van der Waals surface area contributed by atoms with Crippen LogP contribution in [0.4, 0.5) is 0 Å². The number of aliphatic hydroxyl groups excluding tert-OH is 2. The lowest BCUT2D eigenvalue weighted by molar-refractivity contribution is 0.0600. The molecule has 7 nitrogen and oxygen atoms in total. The molecule has 0 heterocycles. The lowest BCUT2D eigenvalue weighted by Crippen LogP contribution is -2.22. The fourth-order valence-corrected chi connectivity index (χ4v) is 3.51. The molecule has 0 fully saturated rings. The van der Waals surface area contributed by atoms with Crippen molar-refractivity contribution in [1.82, 2.24) is 5.32 Å². The second-order valence-corrected chi connectivity index (χ2v) is 8.08. The van der Waals surface area contributed by atoms with Gasteiger partial charge in [-0.05, 0) is 67.6 Å². The maximum atomic E-state index is 11.4. The molecule has 0 spiro atoms. The van der Waals surface area contributed by atoms with Crippen LogP contribution in [0.1, 0.15) is 65.3 Å². The van der Waals surface area contributed by atoms with Crippen molar-refractivity contribution in [3.8, 4) is 5.75 Å². The van der Waals surface area contributed by atoms with E-state index in [-0.39, 0.29) is 18.3 Å².